The molecule has 0 radical (unpaired) electrons. The zero-order valence-corrected chi connectivity index (χ0v) is 9.00. The zero-order valence-electron chi connectivity index (χ0n) is 9.00. The lowest BCUT2D eigenvalue weighted by molar-refractivity contribution is -0.141. The number of ether oxygens (including phenoxy) is 1. The van der Waals surface area contributed by atoms with Gasteiger partial charge in [-0.15, -0.1) is 0 Å². The van der Waals surface area contributed by atoms with Gasteiger partial charge >= 0.3 is 5.97 Å². The fourth-order valence-corrected chi connectivity index (χ4v) is 1.63. The number of hydrogen-bond donors (Lipinski definition) is 0. The minimum absolute atomic E-state index is 0.0330. The Hall–Kier alpha value is -0.790. The Balaban J connectivity index is 1.99. The first-order chi connectivity index (χ1) is 6.83. The van der Waals surface area contributed by atoms with E-state index in [1.165, 1.54) is 19.3 Å². The highest BCUT2D eigenvalue weighted by Gasteiger charge is 2.21. The van der Waals surface area contributed by atoms with Crippen molar-refractivity contribution in [1.29, 1.82) is 0 Å². The van der Waals surface area contributed by atoms with E-state index in [2.05, 4.69) is 19.1 Å². The van der Waals surface area contributed by atoms with E-state index >= 15 is 0 Å². The lowest BCUT2D eigenvalue weighted by atomic mass is 10.1. The molecule has 80 valence electrons. The van der Waals surface area contributed by atoms with E-state index in [-0.39, 0.29) is 12.1 Å². The van der Waals surface area contributed by atoms with Gasteiger partial charge in [0.1, 0.15) is 6.10 Å². The molecule has 1 unspecified atom stereocenters. The number of carbonyl (C=O) groups is 1. The fraction of sp³-hybridized carbons (Fsp3) is 0.750. The van der Waals surface area contributed by atoms with E-state index < -0.39 is 0 Å². The van der Waals surface area contributed by atoms with E-state index in [4.69, 9.17) is 4.74 Å². The van der Waals surface area contributed by atoms with Gasteiger partial charge in [0, 0.05) is 12.8 Å². The van der Waals surface area contributed by atoms with Crippen LogP contribution in [0.1, 0.15) is 51.9 Å². The molecule has 1 fully saturated rings. The summed E-state index contributed by atoms with van der Waals surface area (Å²) in [5.74, 6) is -0.0330. The van der Waals surface area contributed by atoms with Crippen LogP contribution in [0.4, 0.5) is 0 Å². The van der Waals surface area contributed by atoms with Crippen molar-refractivity contribution in [2.45, 2.75) is 58.0 Å². The van der Waals surface area contributed by atoms with Crippen LogP contribution >= 0.6 is 0 Å². The van der Waals surface area contributed by atoms with Crippen LogP contribution in [-0.4, -0.2) is 12.1 Å². The van der Waals surface area contributed by atoms with E-state index in [0.29, 0.717) is 6.42 Å². The molecule has 0 spiro atoms. The predicted octanol–water partition coefficient (Wildman–Crippen LogP) is 3.22. The zero-order chi connectivity index (χ0) is 10.2. The van der Waals surface area contributed by atoms with Gasteiger partial charge in [-0.2, -0.15) is 0 Å². The van der Waals surface area contributed by atoms with Crippen LogP contribution in [0.25, 0.3) is 0 Å². The summed E-state index contributed by atoms with van der Waals surface area (Å²) in [5, 5.41) is 0. The highest BCUT2D eigenvalue weighted by atomic mass is 16.5. The SMILES string of the molecule is CCCCCC=CCC1CCC(=O)O1. The first kappa shape index (κ1) is 11.3. The number of cyclic esters (lactones) is 1. The second kappa shape index (κ2) is 6.63. The van der Waals surface area contributed by atoms with Crippen LogP contribution in [0, 0.1) is 0 Å². The van der Waals surface area contributed by atoms with Gasteiger partial charge in [0.2, 0.25) is 0 Å². The molecule has 0 amide bonds. The molecule has 1 aliphatic rings. The van der Waals surface area contributed by atoms with Crippen molar-refractivity contribution in [3.8, 4) is 0 Å². The topological polar surface area (TPSA) is 26.3 Å². The summed E-state index contributed by atoms with van der Waals surface area (Å²) < 4.78 is 5.10. The third kappa shape index (κ3) is 4.45. The Morgan fingerprint density at radius 3 is 2.93 bits per heavy atom. The Kier molecular flexibility index (Phi) is 5.35. The first-order valence-corrected chi connectivity index (χ1v) is 5.67. The molecule has 1 aliphatic heterocycles. The van der Waals surface area contributed by atoms with E-state index in [1.54, 1.807) is 0 Å². The van der Waals surface area contributed by atoms with E-state index in [0.717, 1.165) is 19.3 Å². The van der Waals surface area contributed by atoms with Crippen molar-refractivity contribution in [2.75, 3.05) is 0 Å². The molecule has 1 saturated heterocycles. The molecule has 1 heterocycles. The monoisotopic (exact) mass is 196 g/mol. The summed E-state index contributed by atoms with van der Waals surface area (Å²) in [6.45, 7) is 2.21. The maximum absolute atomic E-state index is 10.8. The Morgan fingerprint density at radius 2 is 2.29 bits per heavy atom. The molecule has 0 N–H and O–H groups in total. The molecule has 0 saturated carbocycles. The van der Waals surface area contributed by atoms with Gasteiger partial charge in [0.15, 0.2) is 0 Å². The minimum Gasteiger partial charge on any atom is -0.462 e. The molecular formula is C12H20O2. The molecule has 0 bridgehead atoms. The van der Waals surface area contributed by atoms with Gasteiger partial charge in [-0.05, 0) is 19.3 Å². The third-order valence-corrected chi connectivity index (χ3v) is 2.51. The smallest absolute Gasteiger partial charge is 0.306 e. The molecule has 14 heavy (non-hydrogen) atoms. The Labute approximate surface area is 86.3 Å². The summed E-state index contributed by atoms with van der Waals surface area (Å²) in [6, 6.07) is 0. The molecule has 0 aromatic heterocycles. The highest BCUT2D eigenvalue weighted by molar-refractivity contribution is 5.71. The van der Waals surface area contributed by atoms with Crippen molar-refractivity contribution < 1.29 is 9.53 Å². The molecule has 0 aromatic carbocycles. The largest absolute Gasteiger partial charge is 0.462 e. The maximum atomic E-state index is 10.8. The Morgan fingerprint density at radius 1 is 1.43 bits per heavy atom. The van der Waals surface area contributed by atoms with E-state index in [1.807, 2.05) is 0 Å². The number of esters is 1. The van der Waals surface area contributed by atoms with Crippen LogP contribution in [0.3, 0.4) is 0 Å². The van der Waals surface area contributed by atoms with Crippen molar-refractivity contribution in [1.82, 2.24) is 0 Å². The molecule has 0 aliphatic carbocycles. The van der Waals surface area contributed by atoms with Gasteiger partial charge < -0.3 is 4.74 Å². The number of hydrogen-bond acceptors (Lipinski definition) is 2. The third-order valence-electron chi connectivity index (χ3n) is 2.51. The Bertz CT molecular complexity index is 196. The van der Waals surface area contributed by atoms with Gasteiger partial charge in [-0.1, -0.05) is 31.9 Å². The number of rotatable bonds is 6. The van der Waals surface area contributed by atoms with Gasteiger partial charge in [0.25, 0.3) is 0 Å². The lowest BCUT2D eigenvalue weighted by Crippen LogP contribution is -2.04. The average Bonchev–Trinajstić information content (AvgIpc) is 2.58. The van der Waals surface area contributed by atoms with Gasteiger partial charge in [-0.25, -0.2) is 0 Å². The number of unbranched alkanes of at least 4 members (excludes halogenated alkanes) is 3. The summed E-state index contributed by atoms with van der Waals surface area (Å²) in [7, 11) is 0. The van der Waals surface area contributed by atoms with Crippen LogP contribution in [0.2, 0.25) is 0 Å². The normalized spacial score (nSPS) is 21.8. The first-order valence-electron chi connectivity index (χ1n) is 5.67. The summed E-state index contributed by atoms with van der Waals surface area (Å²) in [6.07, 6.45) is 11.9. The maximum Gasteiger partial charge on any atom is 0.306 e. The highest BCUT2D eigenvalue weighted by Crippen LogP contribution is 2.17. The van der Waals surface area contributed by atoms with Crippen LogP contribution in [0.15, 0.2) is 12.2 Å². The standard InChI is InChI=1S/C12H20O2/c1-2-3-4-5-6-7-8-11-9-10-12(13)14-11/h6-7,11H,2-5,8-10H2,1H3. The number of carbonyl (C=O) groups excluding carboxylic acids is 1. The van der Waals surface area contributed by atoms with Crippen molar-refractivity contribution in [2.24, 2.45) is 0 Å². The summed E-state index contributed by atoms with van der Waals surface area (Å²) >= 11 is 0. The van der Waals surface area contributed by atoms with Crippen molar-refractivity contribution in [3.63, 3.8) is 0 Å². The summed E-state index contributed by atoms with van der Waals surface area (Å²) in [4.78, 5) is 10.8. The second-order valence-corrected chi connectivity index (χ2v) is 3.85. The van der Waals surface area contributed by atoms with Crippen LogP contribution < -0.4 is 0 Å². The second-order valence-electron chi connectivity index (χ2n) is 3.85. The molecule has 2 heteroatoms. The van der Waals surface area contributed by atoms with Crippen LogP contribution in [-0.2, 0) is 9.53 Å². The molecule has 2 nitrogen and oxygen atoms in total. The van der Waals surface area contributed by atoms with E-state index in [9.17, 15) is 4.79 Å². The molecular weight excluding hydrogens is 176 g/mol. The fourth-order valence-electron chi connectivity index (χ4n) is 1.63. The minimum atomic E-state index is -0.0330. The van der Waals surface area contributed by atoms with Crippen molar-refractivity contribution in [3.05, 3.63) is 12.2 Å². The number of allylic oxidation sites excluding steroid dienone is 1. The van der Waals surface area contributed by atoms with Crippen LogP contribution in [0.5, 0.6) is 0 Å². The predicted molar refractivity (Wildman–Crippen MR) is 57.0 cm³/mol. The molecule has 0 aromatic rings. The lowest BCUT2D eigenvalue weighted by Gasteiger charge is -2.04. The van der Waals surface area contributed by atoms with Gasteiger partial charge in [-0.3, -0.25) is 4.79 Å². The average molecular weight is 196 g/mol. The van der Waals surface area contributed by atoms with Gasteiger partial charge in [0.05, 0.1) is 0 Å². The molecule has 1 rings (SSSR count). The summed E-state index contributed by atoms with van der Waals surface area (Å²) in [5.41, 5.74) is 0. The quantitative estimate of drug-likeness (QED) is 0.370. The van der Waals surface area contributed by atoms with Crippen molar-refractivity contribution >= 4 is 5.97 Å². The molecule has 1 atom stereocenters.